The van der Waals surface area contributed by atoms with Gasteiger partial charge in [0.05, 0.1) is 6.10 Å². The molecule has 2 heterocycles. The zero-order chi connectivity index (χ0) is 20.1. The van der Waals surface area contributed by atoms with Crippen LogP contribution in [-0.2, 0) is 0 Å². The zero-order valence-corrected chi connectivity index (χ0v) is 19.2. The Bertz CT molecular complexity index is 715. The smallest absolute Gasteiger partial charge is 0.0577 e. The minimum Gasteiger partial charge on any atom is -0.393 e. The number of rotatable bonds is 0. The molecule has 162 valence electrons. The molecular weight excluding hydrogens is 354 g/mol. The molecule has 2 saturated heterocycles. The van der Waals surface area contributed by atoms with Crippen molar-refractivity contribution in [1.29, 1.82) is 0 Å². The van der Waals surface area contributed by atoms with Crippen molar-refractivity contribution in [3.05, 3.63) is 11.6 Å². The Balaban J connectivity index is 1.33. The largest absolute Gasteiger partial charge is 0.393 e. The maximum atomic E-state index is 10.3. The fourth-order valence-corrected chi connectivity index (χ4v) is 10.4. The van der Waals surface area contributed by atoms with Gasteiger partial charge in [0, 0.05) is 18.6 Å². The minimum absolute atomic E-state index is 0.0792. The highest BCUT2D eigenvalue weighted by molar-refractivity contribution is 5.26. The van der Waals surface area contributed by atoms with E-state index >= 15 is 0 Å². The van der Waals surface area contributed by atoms with Gasteiger partial charge in [0.1, 0.15) is 0 Å². The summed E-state index contributed by atoms with van der Waals surface area (Å²) in [6.07, 6.45) is 14.3. The Morgan fingerprint density at radius 2 is 1.83 bits per heavy atom. The molecule has 0 amide bonds. The van der Waals surface area contributed by atoms with E-state index in [-0.39, 0.29) is 6.10 Å². The maximum absolute atomic E-state index is 10.3. The molecule has 8 unspecified atom stereocenters. The molecule has 0 spiro atoms. The summed E-state index contributed by atoms with van der Waals surface area (Å²) < 4.78 is 0. The molecule has 0 aromatic carbocycles. The monoisotopic (exact) mass is 397 g/mol. The first-order valence-corrected chi connectivity index (χ1v) is 13.0. The summed E-state index contributed by atoms with van der Waals surface area (Å²) in [7, 11) is 0. The van der Waals surface area contributed by atoms with Gasteiger partial charge in [0.15, 0.2) is 0 Å². The summed E-state index contributed by atoms with van der Waals surface area (Å²) in [5, 5.41) is 10.3. The minimum atomic E-state index is -0.0792. The van der Waals surface area contributed by atoms with Crippen LogP contribution in [0.1, 0.15) is 85.5 Å². The van der Waals surface area contributed by atoms with Gasteiger partial charge < -0.3 is 5.11 Å². The van der Waals surface area contributed by atoms with Crippen LogP contribution >= 0.6 is 0 Å². The van der Waals surface area contributed by atoms with Gasteiger partial charge in [-0.15, -0.1) is 0 Å². The van der Waals surface area contributed by atoms with Gasteiger partial charge >= 0.3 is 0 Å². The van der Waals surface area contributed by atoms with Crippen LogP contribution in [-0.4, -0.2) is 34.7 Å². The van der Waals surface area contributed by atoms with Crippen molar-refractivity contribution in [3.63, 3.8) is 0 Å². The average molecular weight is 398 g/mol. The normalized spacial score (nSPS) is 59.2. The van der Waals surface area contributed by atoms with Crippen LogP contribution in [0.25, 0.3) is 0 Å². The highest BCUT2D eigenvalue weighted by Gasteiger charge is 2.66. The summed E-state index contributed by atoms with van der Waals surface area (Å²) in [6.45, 7) is 11.8. The van der Waals surface area contributed by atoms with E-state index in [0.717, 1.165) is 60.4 Å². The van der Waals surface area contributed by atoms with E-state index in [1.54, 1.807) is 5.57 Å². The lowest BCUT2D eigenvalue weighted by molar-refractivity contribution is -0.0574. The van der Waals surface area contributed by atoms with Gasteiger partial charge in [-0.3, -0.25) is 4.90 Å². The first-order chi connectivity index (χ1) is 13.8. The summed E-state index contributed by atoms with van der Waals surface area (Å²) in [5.74, 6) is 5.44. The van der Waals surface area contributed by atoms with Crippen molar-refractivity contribution in [3.8, 4) is 0 Å². The van der Waals surface area contributed by atoms with Crippen molar-refractivity contribution >= 4 is 0 Å². The summed E-state index contributed by atoms with van der Waals surface area (Å²) in [6, 6.07) is 1.75. The van der Waals surface area contributed by atoms with E-state index in [2.05, 4.69) is 38.7 Å². The van der Waals surface area contributed by atoms with Gasteiger partial charge in [0.25, 0.3) is 0 Å². The second-order valence-electron chi connectivity index (χ2n) is 12.8. The van der Waals surface area contributed by atoms with Crippen molar-refractivity contribution in [1.82, 2.24) is 4.90 Å². The quantitative estimate of drug-likeness (QED) is 0.534. The number of aliphatic hydroxyl groups is 1. The average Bonchev–Trinajstić information content (AvgIpc) is 3.15. The van der Waals surface area contributed by atoms with Gasteiger partial charge in [-0.05, 0) is 104 Å². The van der Waals surface area contributed by atoms with E-state index in [9.17, 15) is 5.11 Å². The summed E-state index contributed by atoms with van der Waals surface area (Å²) in [4.78, 5) is 3.02. The summed E-state index contributed by atoms with van der Waals surface area (Å²) in [5.41, 5.74) is 2.58. The van der Waals surface area contributed by atoms with Crippen LogP contribution in [0, 0.1) is 46.3 Å². The first kappa shape index (κ1) is 19.4. The molecule has 29 heavy (non-hydrogen) atoms. The van der Waals surface area contributed by atoms with Gasteiger partial charge in [-0.2, -0.15) is 0 Å². The number of hydrogen-bond acceptors (Lipinski definition) is 2. The standard InChI is InChI=1S/C27H43NO/c1-16-5-8-23-17(2)25-24(28(23)15-16)14-22-20-7-6-18-13-19(29)9-11-26(18,3)21(20)10-12-27(22,25)4/h6,16-17,19-25,29H,5,7-15H2,1-4H3/t16?,17?,19-,20?,21?,22?,23?,24?,25?,26-,27-/m0/s1. The first-order valence-electron chi connectivity index (χ1n) is 13.0. The van der Waals surface area contributed by atoms with Gasteiger partial charge in [0.2, 0.25) is 0 Å². The fraction of sp³-hybridized carbons (Fsp3) is 0.926. The Morgan fingerprint density at radius 1 is 1.00 bits per heavy atom. The third-order valence-corrected chi connectivity index (χ3v) is 11.7. The molecular formula is C27H43NO. The number of hydrogen-bond donors (Lipinski definition) is 1. The highest BCUT2D eigenvalue weighted by atomic mass is 16.3. The van der Waals surface area contributed by atoms with Crippen LogP contribution in [0.2, 0.25) is 0 Å². The van der Waals surface area contributed by atoms with Gasteiger partial charge in [-0.1, -0.05) is 39.3 Å². The molecule has 0 aromatic heterocycles. The number of fused-ring (bicyclic) bond motifs is 9. The lowest BCUT2D eigenvalue weighted by atomic mass is 9.47. The number of piperidine rings is 1. The van der Waals surface area contributed by atoms with E-state index < -0.39 is 0 Å². The fourth-order valence-electron chi connectivity index (χ4n) is 10.4. The molecule has 0 aromatic rings. The Labute approximate surface area is 178 Å². The lowest BCUT2D eigenvalue weighted by Crippen LogP contribution is -2.51. The Hall–Kier alpha value is -0.340. The van der Waals surface area contributed by atoms with Crippen LogP contribution in [0.3, 0.4) is 0 Å². The maximum Gasteiger partial charge on any atom is 0.0577 e. The van der Waals surface area contributed by atoms with Crippen LogP contribution in [0.5, 0.6) is 0 Å². The number of nitrogens with zero attached hydrogens (tertiary/aromatic N) is 1. The molecule has 4 aliphatic carbocycles. The second kappa shape index (κ2) is 6.35. The number of allylic oxidation sites excluding steroid dienone is 1. The lowest BCUT2D eigenvalue weighted by Gasteiger charge is -2.58. The van der Waals surface area contributed by atoms with Crippen molar-refractivity contribution in [2.45, 2.75) is 104 Å². The third-order valence-electron chi connectivity index (χ3n) is 11.7. The van der Waals surface area contributed by atoms with Crippen molar-refractivity contribution in [2.75, 3.05) is 6.54 Å². The molecule has 1 N–H and O–H groups in total. The second-order valence-corrected chi connectivity index (χ2v) is 12.8. The van der Waals surface area contributed by atoms with Crippen molar-refractivity contribution in [2.24, 2.45) is 46.3 Å². The molecule has 2 nitrogen and oxygen atoms in total. The Morgan fingerprint density at radius 3 is 2.66 bits per heavy atom. The summed E-state index contributed by atoms with van der Waals surface area (Å²) >= 11 is 0. The van der Waals surface area contributed by atoms with E-state index in [1.165, 1.54) is 51.5 Å². The topological polar surface area (TPSA) is 23.5 Å². The molecule has 0 bridgehead atoms. The third kappa shape index (κ3) is 2.48. The molecule has 6 rings (SSSR count). The SMILES string of the molecule is CC1CCC2C(C)C3C(CC4C5CC=C6C[C@@H](O)CC[C@]6(C)C5CC[C@@]43C)N2C1. The van der Waals surface area contributed by atoms with E-state index in [0.29, 0.717) is 10.8 Å². The van der Waals surface area contributed by atoms with Crippen LogP contribution in [0.4, 0.5) is 0 Å². The van der Waals surface area contributed by atoms with Crippen LogP contribution in [0.15, 0.2) is 11.6 Å². The zero-order valence-electron chi connectivity index (χ0n) is 19.2. The molecule has 5 fully saturated rings. The molecule has 11 atom stereocenters. The van der Waals surface area contributed by atoms with E-state index in [4.69, 9.17) is 0 Å². The van der Waals surface area contributed by atoms with Crippen molar-refractivity contribution < 1.29 is 5.11 Å². The van der Waals surface area contributed by atoms with Crippen LogP contribution < -0.4 is 0 Å². The molecule has 0 radical (unpaired) electrons. The molecule has 6 aliphatic rings. The molecule has 3 saturated carbocycles. The van der Waals surface area contributed by atoms with E-state index in [1.807, 2.05) is 0 Å². The molecule has 2 heteroatoms. The predicted molar refractivity (Wildman–Crippen MR) is 118 cm³/mol. The highest BCUT2D eigenvalue weighted by Crippen LogP contribution is 2.69. The van der Waals surface area contributed by atoms with Gasteiger partial charge in [-0.25, -0.2) is 0 Å². The predicted octanol–water partition coefficient (Wildman–Crippen LogP) is 5.66. The number of aliphatic hydroxyl groups excluding tert-OH is 1. The molecule has 2 aliphatic heterocycles. The Kier molecular flexibility index (Phi) is 4.23.